The van der Waals surface area contributed by atoms with E-state index >= 15 is 0 Å². The van der Waals surface area contributed by atoms with Crippen molar-refractivity contribution in [2.24, 2.45) is 0 Å². The molecule has 1 aromatic heterocycles. The summed E-state index contributed by atoms with van der Waals surface area (Å²) < 4.78 is 11.1. The summed E-state index contributed by atoms with van der Waals surface area (Å²) in [6.07, 6.45) is 0. The van der Waals surface area contributed by atoms with Crippen molar-refractivity contribution in [1.82, 2.24) is 4.98 Å². The number of nitrogens with zero attached hydrogens (tertiary/aromatic N) is 1. The molecule has 3 aromatic carbocycles. The summed E-state index contributed by atoms with van der Waals surface area (Å²) in [4.78, 5) is 16.8. The van der Waals surface area contributed by atoms with Crippen LogP contribution in [0.5, 0.6) is 5.75 Å². The second kappa shape index (κ2) is 8.02. The number of phenols is 1. The number of aromatic nitrogens is 1. The average molecular weight is 385 g/mol. The largest absolute Gasteiger partial charge is 0.508 e. The highest BCUT2D eigenvalue weighted by Gasteiger charge is 2.14. The first-order valence-corrected chi connectivity index (χ1v) is 9.18. The second-order valence-electron chi connectivity index (χ2n) is 6.59. The summed E-state index contributed by atoms with van der Waals surface area (Å²) in [5, 5.41) is 9.39. The molecule has 5 heteroatoms. The van der Waals surface area contributed by atoms with Crippen LogP contribution in [0.2, 0.25) is 0 Å². The molecule has 0 amide bonds. The average Bonchev–Trinajstić information content (AvgIpc) is 3.14. The van der Waals surface area contributed by atoms with Gasteiger partial charge in [0, 0.05) is 5.56 Å². The third-order valence-electron chi connectivity index (χ3n) is 4.57. The molecule has 0 atom stereocenters. The first-order valence-electron chi connectivity index (χ1n) is 9.18. The molecule has 5 nitrogen and oxygen atoms in total. The van der Waals surface area contributed by atoms with Crippen molar-refractivity contribution < 1.29 is 19.1 Å². The molecule has 1 N–H and O–H groups in total. The van der Waals surface area contributed by atoms with E-state index in [4.69, 9.17) is 9.15 Å². The monoisotopic (exact) mass is 385 g/mol. The predicted octanol–water partition coefficient (Wildman–Crippen LogP) is 5.38. The molecule has 0 spiro atoms. The van der Waals surface area contributed by atoms with E-state index in [0.717, 1.165) is 16.7 Å². The lowest BCUT2D eigenvalue weighted by atomic mass is 10.0. The topological polar surface area (TPSA) is 72.6 Å². The van der Waals surface area contributed by atoms with Crippen LogP contribution in [0, 0.1) is 6.92 Å². The molecule has 0 aliphatic carbocycles. The SMILES string of the molecule is Cc1oc(-c2ccccc2)nc1COC(=O)c1ccc(-c2ccc(O)cc2)cc1. The van der Waals surface area contributed by atoms with Crippen molar-refractivity contribution in [1.29, 1.82) is 0 Å². The van der Waals surface area contributed by atoms with Gasteiger partial charge in [-0.2, -0.15) is 0 Å². The minimum atomic E-state index is -0.425. The molecule has 0 radical (unpaired) electrons. The standard InChI is InChI=1S/C24H19NO4/c1-16-22(25-23(29-16)19-5-3-2-4-6-19)15-28-24(27)20-9-7-17(8-10-20)18-11-13-21(26)14-12-18/h2-14,26H,15H2,1H3. The van der Waals surface area contributed by atoms with Crippen LogP contribution in [0.25, 0.3) is 22.6 Å². The summed E-state index contributed by atoms with van der Waals surface area (Å²) in [5.74, 6) is 0.921. The molecule has 4 aromatic rings. The van der Waals surface area contributed by atoms with Crippen LogP contribution in [-0.2, 0) is 11.3 Å². The lowest BCUT2D eigenvalue weighted by Gasteiger charge is -2.05. The first-order chi connectivity index (χ1) is 14.1. The van der Waals surface area contributed by atoms with E-state index in [-0.39, 0.29) is 12.4 Å². The Morgan fingerprint density at radius 2 is 1.52 bits per heavy atom. The zero-order valence-corrected chi connectivity index (χ0v) is 15.8. The van der Waals surface area contributed by atoms with E-state index in [1.165, 1.54) is 0 Å². The van der Waals surface area contributed by atoms with E-state index in [1.807, 2.05) is 54.6 Å². The van der Waals surface area contributed by atoms with E-state index in [0.29, 0.717) is 22.9 Å². The minimum absolute atomic E-state index is 0.0424. The molecule has 0 aliphatic heterocycles. The number of carbonyl (C=O) groups is 1. The Kier molecular flexibility index (Phi) is 5.12. The normalized spacial score (nSPS) is 10.7. The van der Waals surface area contributed by atoms with Gasteiger partial charge in [-0.1, -0.05) is 42.5 Å². The van der Waals surface area contributed by atoms with Crippen LogP contribution in [0.1, 0.15) is 21.8 Å². The third-order valence-corrected chi connectivity index (χ3v) is 4.57. The van der Waals surface area contributed by atoms with Crippen LogP contribution in [0.3, 0.4) is 0 Å². The molecule has 29 heavy (non-hydrogen) atoms. The van der Waals surface area contributed by atoms with Gasteiger partial charge in [0.2, 0.25) is 5.89 Å². The van der Waals surface area contributed by atoms with E-state index < -0.39 is 5.97 Å². The number of hydrogen-bond acceptors (Lipinski definition) is 5. The Morgan fingerprint density at radius 1 is 0.897 bits per heavy atom. The van der Waals surface area contributed by atoms with Crippen molar-refractivity contribution in [3.63, 3.8) is 0 Å². The Morgan fingerprint density at radius 3 is 2.17 bits per heavy atom. The maximum Gasteiger partial charge on any atom is 0.338 e. The Bertz CT molecular complexity index is 1110. The number of aromatic hydroxyl groups is 1. The van der Waals surface area contributed by atoms with Gasteiger partial charge in [-0.15, -0.1) is 0 Å². The molecular weight excluding hydrogens is 366 g/mol. The zero-order valence-electron chi connectivity index (χ0n) is 15.8. The van der Waals surface area contributed by atoms with Crippen molar-refractivity contribution >= 4 is 5.97 Å². The number of aryl methyl sites for hydroxylation is 1. The summed E-state index contributed by atoms with van der Waals surface area (Å²) in [7, 11) is 0. The highest BCUT2D eigenvalue weighted by Crippen LogP contribution is 2.24. The molecule has 0 aliphatic rings. The van der Waals surface area contributed by atoms with Gasteiger partial charge < -0.3 is 14.3 Å². The highest BCUT2D eigenvalue weighted by molar-refractivity contribution is 5.90. The Balaban J connectivity index is 1.42. The minimum Gasteiger partial charge on any atom is -0.508 e. The van der Waals surface area contributed by atoms with Crippen LogP contribution in [-0.4, -0.2) is 16.1 Å². The summed E-state index contributed by atoms with van der Waals surface area (Å²) in [6.45, 7) is 1.84. The van der Waals surface area contributed by atoms with Gasteiger partial charge in [0.25, 0.3) is 0 Å². The molecule has 144 valence electrons. The first kappa shape index (κ1) is 18.5. The highest BCUT2D eigenvalue weighted by atomic mass is 16.5. The lowest BCUT2D eigenvalue weighted by Crippen LogP contribution is -2.06. The van der Waals surface area contributed by atoms with Crippen molar-refractivity contribution in [2.75, 3.05) is 0 Å². The summed E-state index contributed by atoms with van der Waals surface area (Å²) in [6, 6.07) is 23.6. The molecule has 0 fully saturated rings. The fourth-order valence-corrected chi connectivity index (χ4v) is 2.94. The number of phenolic OH excluding ortho intramolecular Hbond substituents is 1. The molecule has 0 bridgehead atoms. The third kappa shape index (κ3) is 4.19. The van der Waals surface area contributed by atoms with E-state index in [9.17, 15) is 9.90 Å². The molecule has 1 heterocycles. The van der Waals surface area contributed by atoms with Crippen LogP contribution < -0.4 is 0 Å². The summed E-state index contributed by atoms with van der Waals surface area (Å²) in [5.41, 5.74) is 3.82. The van der Waals surface area contributed by atoms with Gasteiger partial charge in [0.15, 0.2) is 0 Å². The fraction of sp³-hybridized carbons (Fsp3) is 0.0833. The number of hydrogen-bond donors (Lipinski definition) is 1. The smallest absolute Gasteiger partial charge is 0.338 e. The molecular formula is C24H19NO4. The van der Waals surface area contributed by atoms with Crippen LogP contribution in [0.15, 0.2) is 83.3 Å². The van der Waals surface area contributed by atoms with Crippen molar-refractivity contribution in [3.05, 3.63) is 95.9 Å². The number of ether oxygens (including phenoxy) is 1. The van der Waals surface area contributed by atoms with Crippen LogP contribution in [0.4, 0.5) is 0 Å². The number of carbonyl (C=O) groups excluding carboxylic acids is 1. The maximum absolute atomic E-state index is 12.4. The molecule has 4 rings (SSSR count). The Labute approximate surface area is 168 Å². The number of oxazole rings is 1. The number of benzene rings is 3. The van der Waals surface area contributed by atoms with Crippen molar-refractivity contribution in [3.8, 4) is 28.3 Å². The van der Waals surface area contributed by atoms with E-state index in [1.54, 1.807) is 31.2 Å². The zero-order chi connectivity index (χ0) is 20.2. The van der Waals surface area contributed by atoms with Gasteiger partial charge in [-0.25, -0.2) is 9.78 Å². The molecule has 0 saturated heterocycles. The van der Waals surface area contributed by atoms with Gasteiger partial charge >= 0.3 is 5.97 Å². The number of esters is 1. The molecule has 0 unspecified atom stereocenters. The van der Waals surface area contributed by atoms with E-state index in [2.05, 4.69) is 4.98 Å². The lowest BCUT2D eigenvalue weighted by molar-refractivity contribution is 0.0467. The summed E-state index contributed by atoms with van der Waals surface area (Å²) >= 11 is 0. The number of rotatable bonds is 5. The van der Waals surface area contributed by atoms with Gasteiger partial charge in [0.1, 0.15) is 23.8 Å². The maximum atomic E-state index is 12.4. The van der Waals surface area contributed by atoms with Gasteiger partial charge in [-0.3, -0.25) is 0 Å². The van der Waals surface area contributed by atoms with Crippen molar-refractivity contribution in [2.45, 2.75) is 13.5 Å². The fourth-order valence-electron chi connectivity index (χ4n) is 2.94. The Hall–Kier alpha value is -3.86. The van der Waals surface area contributed by atoms with Crippen LogP contribution >= 0.6 is 0 Å². The second-order valence-corrected chi connectivity index (χ2v) is 6.59. The molecule has 0 saturated carbocycles. The predicted molar refractivity (Wildman–Crippen MR) is 109 cm³/mol. The van der Waals surface area contributed by atoms with Gasteiger partial charge in [-0.05, 0) is 54.4 Å². The quantitative estimate of drug-likeness (QED) is 0.467. The van der Waals surface area contributed by atoms with Gasteiger partial charge in [0.05, 0.1) is 5.56 Å².